The average Bonchev–Trinajstić information content (AvgIpc) is 2.15. The summed E-state index contributed by atoms with van der Waals surface area (Å²) in [6.07, 6.45) is -0.178. The van der Waals surface area contributed by atoms with Gasteiger partial charge in [-0.1, -0.05) is 15.9 Å². The summed E-state index contributed by atoms with van der Waals surface area (Å²) in [5.41, 5.74) is -0.431. The van der Waals surface area contributed by atoms with E-state index < -0.39 is 5.60 Å². The van der Waals surface area contributed by atoms with Crippen LogP contribution in [0, 0.1) is 0 Å². The number of carbonyl (C=O) groups excluding carboxylic acids is 1. The number of carbonyl (C=O) groups is 1. The fraction of sp³-hybridized carbons (Fsp3) is 0.900. The number of nitrogens with zero attached hydrogens (tertiary/aromatic N) is 1. The van der Waals surface area contributed by atoms with Crippen molar-refractivity contribution >= 4 is 22.0 Å². The molecule has 1 amide bonds. The largest absolute Gasteiger partial charge is 0.444 e. The van der Waals surface area contributed by atoms with Gasteiger partial charge in [-0.2, -0.15) is 0 Å². The van der Waals surface area contributed by atoms with Crippen LogP contribution in [-0.2, 0) is 9.47 Å². The summed E-state index contributed by atoms with van der Waals surface area (Å²) in [5, 5.41) is 0.742. The van der Waals surface area contributed by atoms with Crippen LogP contribution in [0.2, 0.25) is 0 Å². The highest BCUT2D eigenvalue weighted by Gasteiger charge is 2.27. The van der Waals surface area contributed by atoms with E-state index in [9.17, 15) is 4.79 Å². The second-order valence-corrected chi connectivity index (χ2v) is 5.22. The lowest BCUT2D eigenvalue weighted by Gasteiger charge is -2.33. The highest BCUT2D eigenvalue weighted by atomic mass is 79.9. The van der Waals surface area contributed by atoms with Gasteiger partial charge in [-0.15, -0.1) is 0 Å². The average molecular weight is 280 g/mol. The van der Waals surface area contributed by atoms with Gasteiger partial charge in [-0.3, -0.25) is 0 Å². The van der Waals surface area contributed by atoms with Gasteiger partial charge in [0.05, 0.1) is 19.3 Å². The van der Waals surface area contributed by atoms with Gasteiger partial charge in [-0.05, 0) is 20.8 Å². The summed E-state index contributed by atoms with van der Waals surface area (Å²) in [5.74, 6) is 0. The number of halogens is 1. The summed E-state index contributed by atoms with van der Waals surface area (Å²) in [6, 6.07) is 0. The Bertz CT molecular complexity index is 227. The van der Waals surface area contributed by atoms with E-state index in [1.807, 2.05) is 20.8 Å². The molecule has 0 aromatic rings. The number of ether oxygens (including phenoxy) is 2. The number of rotatable bonds is 1. The molecule has 1 atom stereocenters. The van der Waals surface area contributed by atoms with Crippen molar-refractivity contribution in [3.63, 3.8) is 0 Å². The zero-order valence-electron chi connectivity index (χ0n) is 9.46. The van der Waals surface area contributed by atoms with E-state index in [2.05, 4.69) is 15.9 Å². The quantitative estimate of drug-likeness (QED) is 0.690. The molecule has 0 saturated carbocycles. The molecule has 0 aromatic heterocycles. The molecule has 0 spiro atoms. The van der Waals surface area contributed by atoms with E-state index in [0.717, 1.165) is 5.33 Å². The molecule has 0 unspecified atom stereocenters. The van der Waals surface area contributed by atoms with Crippen LogP contribution in [0.5, 0.6) is 0 Å². The second kappa shape index (κ2) is 5.16. The van der Waals surface area contributed by atoms with E-state index in [-0.39, 0.29) is 12.2 Å². The first-order valence-corrected chi connectivity index (χ1v) is 6.20. The summed E-state index contributed by atoms with van der Waals surface area (Å²) in [7, 11) is 0. The van der Waals surface area contributed by atoms with Gasteiger partial charge in [-0.25, -0.2) is 4.79 Å². The molecule has 1 rings (SSSR count). The van der Waals surface area contributed by atoms with Crippen LogP contribution in [0.15, 0.2) is 0 Å². The van der Waals surface area contributed by atoms with E-state index in [4.69, 9.17) is 9.47 Å². The second-order valence-electron chi connectivity index (χ2n) is 4.57. The number of morpholine rings is 1. The van der Waals surface area contributed by atoms with Gasteiger partial charge in [0, 0.05) is 11.9 Å². The predicted molar refractivity (Wildman–Crippen MR) is 61.3 cm³/mol. The molecular formula is C10H18BrNO3. The molecule has 0 N–H and O–H groups in total. The minimum absolute atomic E-state index is 0.0752. The number of hydrogen-bond acceptors (Lipinski definition) is 3. The van der Waals surface area contributed by atoms with Crippen LogP contribution in [0.4, 0.5) is 4.79 Å². The van der Waals surface area contributed by atoms with Crippen molar-refractivity contribution < 1.29 is 14.3 Å². The molecule has 1 heterocycles. The molecule has 0 radical (unpaired) electrons. The lowest BCUT2D eigenvalue weighted by Crippen LogP contribution is -2.47. The van der Waals surface area contributed by atoms with Crippen LogP contribution in [0.3, 0.4) is 0 Å². The lowest BCUT2D eigenvalue weighted by molar-refractivity contribution is -0.0334. The Morgan fingerprint density at radius 1 is 1.60 bits per heavy atom. The van der Waals surface area contributed by atoms with Crippen LogP contribution >= 0.6 is 15.9 Å². The molecule has 5 heteroatoms. The molecule has 1 fully saturated rings. The van der Waals surface area contributed by atoms with Gasteiger partial charge >= 0.3 is 6.09 Å². The Morgan fingerprint density at radius 3 is 2.80 bits per heavy atom. The third-order valence-electron chi connectivity index (χ3n) is 1.96. The Morgan fingerprint density at radius 2 is 2.27 bits per heavy atom. The first-order valence-electron chi connectivity index (χ1n) is 5.08. The normalized spacial score (nSPS) is 22.7. The lowest BCUT2D eigenvalue weighted by atomic mass is 10.2. The van der Waals surface area contributed by atoms with E-state index in [1.165, 1.54) is 0 Å². The van der Waals surface area contributed by atoms with E-state index in [0.29, 0.717) is 19.7 Å². The van der Waals surface area contributed by atoms with Crippen LogP contribution in [-0.4, -0.2) is 47.7 Å². The van der Waals surface area contributed by atoms with Gasteiger partial charge < -0.3 is 14.4 Å². The zero-order chi connectivity index (χ0) is 11.5. The van der Waals surface area contributed by atoms with Crippen LogP contribution < -0.4 is 0 Å². The van der Waals surface area contributed by atoms with Gasteiger partial charge in [0.2, 0.25) is 0 Å². The van der Waals surface area contributed by atoms with Crippen molar-refractivity contribution in [1.82, 2.24) is 4.90 Å². The topological polar surface area (TPSA) is 38.8 Å². The van der Waals surface area contributed by atoms with Crippen molar-refractivity contribution in [1.29, 1.82) is 0 Å². The van der Waals surface area contributed by atoms with E-state index >= 15 is 0 Å². The summed E-state index contributed by atoms with van der Waals surface area (Å²) in [4.78, 5) is 13.4. The van der Waals surface area contributed by atoms with Crippen molar-refractivity contribution in [2.75, 3.05) is 25.0 Å². The number of amides is 1. The molecule has 1 aliphatic heterocycles. The van der Waals surface area contributed by atoms with Crippen molar-refractivity contribution in [2.24, 2.45) is 0 Å². The highest BCUT2D eigenvalue weighted by Crippen LogP contribution is 2.13. The third kappa shape index (κ3) is 4.38. The minimum Gasteiger partial charge on any atom is -0.444 e. The molecular weight excluding hydrogens is 262 g/mol. The fourth-order valence-electron chi connectivity index (χ4n) is 1.31. The van der Waals surface area contributed by atoms with Gasteiger partial charge in [0.1, 0.15) is 5.60 Å². The first-order chi connectivity index (χ1) is 6.92. The fourth-order valence-corrected chi connectivity index (χ4v) is 1.70. The third-order valence-corrected chi connectivity index (χ3v) is 2.68. The van der Waals surface area contributed by atoms with Crippen molar-refractivity contribution in [3.8, 4) is 0 Å². The maximum Gasteiger partial charge on any atom is 0.410 e. The van der Waals surface area contributed by atoms with Crippen molar-refractivity contribution in [2.45, 2.75) is 32.5 Å². The molecule has 0 aliphatic carbocycles. The molecule has 1 aliphatic rings. The van der Waals surface area contributed by atoms with Crippen molar-refractivity contribution in [3.05, 3.63) is 0 Å². The van der Waals surface area contributed by atoms with Gasteiger partial charge in [0.25, 0.3) is 0 Å². The molecule has 0 bridgehead atoms. The maximum absolute atomic E-state index is 11.7. The number of hydrogen-bond donors (Lipinski definition) is 0. The SMILES string of the molecule is CC(C)(C)OC(=O)N1CCO[C@H](CBr)C1. The summed E-state index contributed by atoms with van der Waals surface area (Å²) < 4.78 is 10.7. The Balaban J connectivity index is 2.45. The summed E-state index contributed by atoms with van der Waals surface area (Å²) in [6.45, 7) is 7.39. The first kappa shape index (κ1) is 12.8. The maximum atomic E-state index is 11.7. The van der Waals surface area contributed by atoms with Gasteiger partial charge in [0.15, 0.2) is 0 Å². The number of alkyl halides is 1. The molecule has 1 saturated heterocycles. The summed E-state index contributed by atoms with van der Waals surface area (Å²) >= 11 is 3.35. The predicted octanol–water partition coefficient (Wildman–Crippen LogP) is 2.02. The van der Waals surface area contributed by atoms with Crippen LogP contribution in [0.1, 0.15) is 20.8 Å². The Labute approximate surface area is 99.0 Å². The zero-order valence-corrected chi connectivity index (χ0v) is 11.0. The monoisotopic (exact) mass is 279 g/mol. The van der Waals surface area contributed by atoms with Crippen LogP contribution in [0.25, 0.3) is 0 Å². The Hall–Kier alpha value is -0.290. The highest BCUT2D eigenvalue weighted by molar-refractivity contribution is 9.09. The molecule has 4 nitrogen and oxygen atoms in total. The molecule has 88 valence electrons. The minimum atomic E-state index is -0.431. The van der Waals surface area contributed by atoms with E-state index in [1.54, 1.807) is 4.90 Å². The molecule has 0 aromatic carbocycles. The molecule has 15 heavy (non-hydrogen) atoms. The Kier molecular flexibility index (Phi) is 4.40. The smallest absolute Gasteiger partial charge is 0.410 e. The standard InChI is InChI=1S/C10H18BrNO3/c1-10(2,3)15-9(13)12-4-5-14-8(6-11)7-12/h8H,4-7H2,1-3H3/t8-/m1/s1.